The SMILES string of the molecule is C/C=C/C=C/C(=O)O.[KH].[NaH]. The van der Waals surface area contributed by atoms with E-state index in [0.29, 0.717) is 0 Å². The summed E-state index contributed by atoms with van der Waals surface area (Å²) in [6.07, 6.45) is 5.98. The number of hydrogen-bond acceptors (Lipinski definition) is 1. The summed E-state index contributed by atoms with van der Waals surface area (Å²) < 4.78 is 0. The van der Waals surface area contributed by atoms with Crippen LogP contribution in [0.2, 0.25) is 0 Å². The second-order valence-electron chi connectivity index (χ2n) is 1.22. The van der Waals surface area contributed by atoms with Crippen LogP contribution in [0.25, 0.3) is 0 Å². The molecule has 0 amide bonds. The van der Waals surface area contributed by atoms with Crippen molar-refractivity contribution in [2.24, 2.45) is 0 Å². The van der Waals surface area contributed by atoms with Gasteiger partial charge in [-0.1, -0.05) is 18.2 Å². The molecule has 0 aliphatic carbocycles. The van der Waals surface area contributed by atoms with Gasteiger partial charge in [-0.2, -0.15) is 0 Å². The Morgan fingerprint density at radius 3 is 2.20 bits per heavy atom. The molecule has 1 N–H and O–H groups in total. The zero-order valence-electron chi connectivity index (χ0n) is 4.66. The van der Waals surface area contributed by atoms with Crippen molar-refractivity contribution in [1.82, 2.24) is 0 Å². The summed E-state index contributed by atoms with van der Waals surface area (Å²) in [7, 11) is 0. The van der Waals surface area contributed by atoms with Crippen molar-refractivity contribution in [3.05, 3.63) is 24.3 Å². The zero-order chi connectivity index (χ0) is 6.41. The average Bonchev–Trinajstić information content (AvgIpc) is 1.66. The van der Waals surface area contributed by atoms with Gasteiger partial charge in [0.05, 0.1) is 0 Å². The Morgan fingerprint density at radius 2 is 1.90 bits per heavy atom. The van der Waals surface area contributed by atoms with Gasteiger partial charge in [0.2, 0.25) is 0 Å². The number of carboxylic acids is 1. The number of carbonyl (C=O) groups is 1. The van der Waals surface area contributed by atoms with Gasteiger partial charge in [0.1, 0.15) is 0 Å². The first-order valence-corrected chi connectivity index (χ1v) is 2.29. The van der Waals surface area contributed by atoms with Gasteiger partial charge in [-0.25, -0.2) is 4.79 Å². The summed E-state index contributed by atoms with van der Waals surface area (Å²) in [4.78, 5) is 9.75. The third kappa shape index (κ3) is 16.3. The molecule has 0 saturated heterocycles. The van der Waals surface area contributed by atoms with Crippen molar-refractivity contribution in [2.75, 3.05) is 0 Å². The van der Waals surface area contributed by atoms with Crippen LogP contribution in [-0.4, -0.2) is 92.0 Å². The second kappa shape index (κ2) is 13.2. The summed E-state index contributed by atoms with van der Waals surface area (Å²) in [5.74, 6) is -0.914. The van der Waals surface area contributed by atoms with Crippen LogP contribution < -0.4 is 0 Å². The third-order valence-corrected chi connectivity index (χ3v) is 0.542. The molecule has 0 bridgehead atoms. The Balaban J connectivity index is -0.000000245. The molecule has 0 aliphatic rings. The first-order chi connectivity index (χ1) is 3.77. The number of hydrogen-bond donors (Lipinski definition) is 1. The van der Waals surface area contributed by atoms with Gasteiger partial charge in [0, 0.05) is 6.08 Å². The third-order valence-electron chi connectivity index (χ3n) is 0.542. The van der Waals surface area contributed by atoms with Crippen molar-refractivity contribution in [1.29, 1.82) is 0 Å². The number of carboxylic acid groups (broad SMARTS) is 1. The molecule has 0 aliphatic heterocycles. The van der Waals surface area contributed by atoms with Crippen molar-refractivity contribution in [3.63, 3.8) is 0 Å². The Bertz CT molecular complexity index is 132. The summed E-state index contributed by atoms with van der Waals surface area (Å²) in [5.41, 5.74) is 0. The molecule has 0 atom stereocenters. The quantitative estimate of drug-likeness (QED) is 0.362. The van der Waals surface area contributed by atoms with E-state index in [1.165, 1.54) is 6.08 Å². The zero-order valence-corrected chi connectivity index (χ0v) is 4.66. The van der Waals surface area contributed by atoms with Gasteiger partial charge >= 0.3 is 86.9 Å². The molecule has 4 heteroatoms. The first-order valence-electron chi connectivity index (χ1n) is 2.29. The summed E-state index contributed by atoms with van der Waals surface area (Å²) in [6, 6.07) is 0. The maximum absolute atomic E-state index is 9.75. The predicted molar refractivity (Wildman–Crippen MR) is 45.9 cm³/mol. The van der Waals surface area contributed by atoms with Crippen molar-refractivity contribution in [3.8, 4) is 0 Å². The van der Waals surface area contributed by atoms with Crippen molar-refractivity contribution < 1.29 is 9.90 Å². The number of aliphatic carboxylic acids is 1. The molecule has 0 rings (SSSR count). The van der Waals surface area contributed by atoms with Crippen LogP contribution in [0.1, 0.15) is 6.92 Å². The van der Waals surface area contributed by atoms with Gasteiger partial charge in [-0.15, -0.1) is 0 Å². The van der Waals surface area contributed by atoms with E-state index in [0.717, 1.165) is 6.08 Å². The predicted octanol–water partition coefficient (Wildman–Crippen LogP) is -0.0937. The molecule has 48 valence electrons. The fourth-order valence-electron chi connectivity index (χ4n) is 0.249. The topological polar surface area (TPSA) is 37.3 Å². The molecule has 0 saturated carbocycles. The van der Waals surface area contributed by atoms with Gasteiger partial charge in [0.25, 0.3) is 0 Å². The monoisotopic (exact) mass is 176 g/mol. The average molecular weight is 176 g/mol. The van der Waals surface area contributed by atoms with Crippen LogP contribution in [0, 0.1) is 0 Å². The maximum atomic E-state index is 9.75. The molecule has 0 fully saturated rings. The molecular weight excluding hydrogens is 166 g/mol. The molecule has 0 unspecified atom stereocenters. The van der Waals surface area contributed by atoms with Crippen molar-refractivity contribution in [2.45, 2.75) is 6.92 Å². The van der Waals surface area contributed by atoms with E-state index in [2.05, 4.69) is 0 Å². The normalized spacial score (nSPS) is 8.90. The fourth-order valence-corrected chi connectivity index (χ4v) is 0.249. The Labute approximate surface area is 125 Å². The molecule has 0 heterocycles. The van der Waals surface area contributed by atoms with Gasteiger partial charge in [-0.05, 0) is 6.92 Å². The minimum absolute atomic E-state index is 0. The van der Waals surface area contributed by atoms with Gasteiger partial charge in [0.15, 0.2) is 0 Å². The van der Waals surface area contributed by atoms with E-state index in [4.69, 9.17) is 5.11 Å². The molecule has 0 aromatic rings. The van der Waals surface area contributed by atoms with E-state index < -0.39 is 5.97 Å². The Hall–Kier alpha value is 1.59. The molecule has 2 nitrogen and oxygen atoms in total. The van der Waals surface area contributed by atoms with E-state index in [1.807, 2.05) is 6.92 Å². The molecule has 0 radical (unpaired) electrons. The summed E-state index contributed by atoms with van der Waals surface area (Å²) in [6.45, 7) is 1.83. The van der Waals surface area contributed by atoms with Crippen LogP contribution in [0.3, 0.4) is 0 Å². The summed E-state index contributed by atoms with van der Waals surface area (Å²) in [5, 5.41) is 8.02. The van der Waals surface area contributed by atoms with Crippen LogP contribution in [0.15, 0.2) is 24.3 Å². The molecular formula is C6H10KNaO2. The van der Waals surface area contributed by atoms with Crippen LogP contribution in [0.5, 0.6) is 0 Å². The van der Waals surface area contributed by atoms with Gasteiger partial charge in [-0.3, -0.25) is 0 Å². The molecule has 10 heavy (non-hydrogen) atoms. The minimum atomic E-state index is -0.914. The van der Waals surface area contributed by atoms with Crippen LogP contribution >= 0.6 is 0 Å². The van der Waals surface area contributed by atoms with E-state index in [1.54, 1.807) is 12.2 Å². The first kappa shape index (κ1) is 17.6. The molecule has 0 aromatic carbocycles. The van der Waals surface area contributed by atoms with Crippen LogP contribution in [-0.2, 0) is 4.79 Å². The number of rotatable bonds is 2. The molecule has 0 spiro atoms. The van der Waals surface area contributed by atoms with Crippen molar-refractivity contribution >= 4 is 86.9 Å². The Morgan fingerprint density at radius 1 is 1.40 bits per heavy atom. The fraction of sp³-hybridized carbons (Fsp3) is 0.167. The van der Waals surface area contributed by atoms with Crippen LogP contribution in [0.4, 0.5) is 0 Å². The summed E-state index contributed by atoms with van der Waals surface area (Å²) >= 11 is 0. The standard InChI is InChI=1S/C6H8O2.K.Na.2H/c1-2-3-4-5-6(7)8;;;;/h2-5H,1H3,(H,7,8);;;;/b3-2+,5-4+;;;;. The Kier molecular flexibility index (Phi) is 23.2. The second-order valence-corrected chi connectivity index (χ2v) is 1.22. The van der Waals surface area contributed by atoms with Gasteiger partial charge < -0.3 is 5.11 Å². The van der Waals surface area contributed by atoms with E-state index >= 15 is 0 Å². The molecule has 0 aromatic heterocycles. The number of allylic oxidation sites excluding steroid dienone is 3. The van der Waals surface area contributed by atoms with E-state index in [-0.39, 0.29) is 80.9 Å². The van der Waals surface area contributed by atoms with E-state index in [9.17, 15) is 4.79 Å².